The van der Waals surface area contributed by atoms with Gasteiger partial charge in [-0.05, 0) is 45.0 Å². The molecular weight excluding hydrogens is 326 g/mol. The highest BCUT2D eigenvalue weighted by molar-refractivity contribution is 7.86. The van der Waals surface area contributed by atoms with Crippen LogP contribution in [0.1, 0.15) is 28.2 Å². The monoisotopic (exact) mass is 349 g/mol. The van der Waals surface area contributed by atoms with Crippen molar-refractivity contribution in [2.45, 2.75) is 43.6 Å². The summed E-state index contributed by atoms with van der Waals surface area (Å²) >= 11 is 4.07. The number of benzene rings is 1. The Kier molecular flexibility index (Phi) is 8.10. The molecule has 0 aromatic heterocycles. The molecule has 0 amide bonds. The molecule has 0 aliphatic rings. The number of rotatable bonds is 6. The van der Waals surface area contributed by atoms with Gasteiger partial charge in [0.2, 0.25) is 0 Å². The lowest BCUT2D eigenvalue weighted by Crippen LogP contribution is -2.33. The quantitative estimate of drug-likeness (QED) is 0.269. The van der Waals surface area contributed by atoms with Gasteiger partial charge in [-0.3, -0.25) is 14.3 Å². The molecule has 22 heavy (non-hydrogen) atoms. The summed E-state index contributed by atoms with van der Waals surface area (Å²) in [5.74, 6) is -0.483. The van der Waals surface area contributed by atoms with Gasteiger partial charge in [0, 0.05) is 4.90 Å². The molecule has 0 atom stereocenters. The summed E-state index contributed by atoms with van der Waals surface area (Å²) in [6.45, 7) is 4.79. The lowest BCUT2D eigenvalue weighted by Gasteiger charge is -2.19. The van der Waals surface area contributed by atoms with Crippen molar-refractivity contribution in [2.24, 2.45) is 0 Å². The van der Waals surface area contributed by atoms with Crippen LogP contribution in [0, 0.1) is 0 Å². The number of thiol groups is 1. The number of ether oxygens (including phenoxy) is 1. The standard InChI is InChI=1S/C13H19NO5S2.CH4/c1-13(2,3)19-12(15)8-14-9-18-21(16,17)11-6-4-10(20)5-7-11;/h4-7,14,20H,8-9H2,1-3H3;1H4. The van der Waals surface area contributed by atoms with Crippen molar-refractivity contribution in [3.05, 3.63) is 24.3 Å². The number of esters is 1. The van der Waals surface area contributed by atoms with Crippen molar-refractivity contribution < 1.29 is 22.1 Å². The minimum Gasteiger partial charge on any atom is -0.459 e. The summed E-state index contributed by atoms with van der Waals surface area (Å²) in [5.41, 5.74) is -0.583. The van der Waals surface area contributed by atoms with Crippen LogP contribution in [0.25, 0.3) is 0 Å². The molecule has 1 aromatic rings. The minimum atomic E-state index is -3.86. The normalized spacial score (nSPS) is 11.6. The Morgan fingerprint density at radius 1 is 1.23 bits per heavy atom. The van der Waals surface area contributed by atoms with Crippen LogP contribution in [0.3, 0.4) is 0 Å². The SMILES string of the molecule is C.CC(C)(C)OC(=O)CNCOS(=O)(=O)c1ccc(S)cc1. The zero-order valence-electron chi connectivity index (χ0n) is 12.1. The van der Waals surface area contributed by atoms with Crippen LogP contribution in [-0.2, 0) is 23.8 Å². The second-order valence-electron chi connectivity index (χ2n) is 5.22. The van der Waals surface area contributed by atoms with Crippen LogP contribution in [0.5, 0.6) is 0 Å². The molecule has 0 unspecified atom stereocenters. The first kappa shape index (κ1) is 20.9. The predicted octanol–water partition coefficient (Wildman–Crippen LogP) is 2.21. The van der Waals surface area contributed by atoms with Crippen molar-refractivity contribution in [2.75, 3.05) is 13.3 Å². The van der Waals surface area contributed by atoms with Gasteiger partial charge in [-0.1, -0.05) is 7.43 Å². The topological polar surface area (TPSA) is 81.7 Å². The van der Waals surface area contributed by atoms with Crippen LogP contribution in [0.4, 0.5) is 0 Å². The Labute approximate surface area is 137 Å². The molecule has 1 aromatic carbocycles. The fraction of sp³-hybridized carbons (Fsp3) is 0.500. The van der Waals surface area contributed by atoms with Gasteiger partial charge in [-0.15, -0.1) is 12.6 Å². The smallest absolute Gasteiger partial charge is 0.320 e. The van der Waals surface area contributed by atoms with Crippen molar-refractivity contribution in [3.8, 4) is 0 Å². The Morgan fingerprint density at radius 2 is 1.77 bits per heavy atom. The third-order valence-electron chi connectivity index (χ3n) is 2.13. The molecular formula is C14H23NO5S2. The molecule has 0 fully saturated rings. The maximum absolute atomic E-state index is 11.8. The predicted molar refractivity (Wildman–Crippen MR) is 87.4 cm³/mol. The number of carbonyl (C=O) groups excluding carboxylic acids is 1. The van der Waals surface area contributed by atoms with Crippen molar-refractivity contribution in [3.63, 3.8) is 0 Å². The van der Waals surface area contributed by atoms with E-state index in [9.17, 15) is 13.2 Å². The van der Waals surface area contributed by atoms with Gasteiger partial charge >= 0.3 is 5.97 Å². The Morgan fingerprint density at radius 3 is 2.27 bits per heavy atom. The van der Waals surface area contributed by atoms with E-state index in [0.29, 0.717) is 4.90 Å². The summed E-state index contributed by atoms with van der Waals surface area (Å²) in [4.78, 5) is 12.1. The van der Waals surface area contributed by atoms with E-state index in [1.807, 2.05) is 0 Å². The van der Waals surface area contributed by atoms with Gasteiger partial charge < -0.3 is 4.74 Å². The Balaban J connectivity index is 0.00000441. The first-order chi connectivity index (χ1) is 9.60. The van der Waals surface area contributed by atoms with Gasteiger partial charge in [-0.25, -0.2) is 0 Å². The molecule has 0 spiro atoms. The molecule has 0 saturated carbocycles. The van der Waals surface area contributed by atoms with E-state index in [1.54, 1.807) is 32.9 Å². The number of carbonyl (C=O) groups is 1. The van der Waals surface area contributed by atoms with Crippen LogP contribution in [0.2, 0.25) is 0 Å². The first-order valence-corrected chi connectivity index (χ1v) is 8.07. The van der Waals surface area contributed by atoms with E-state index < -0.39 is 21.7 Å². The average molecular weight is 349 g/mol. The van der Waals surface area contributed by atoms with Gasteiger partial charge in [0.15, 0.2) is 0 Å². The highest BCUT2D eigenvalue weighted by Gasteiger charge is 2.17. The molecule has 0 aliphatic carbocycles. The number of hydrogen-bond donors (Lipinski definition) is 2. The zero-order chi connectivity index (χ0) is 16.1. The van der Waals surface area contributed by atoms with Crippen LogP contribution in [-0.4, -0.2) is 33.3 Å². The fourth-order valence-electron chi connectivity index (χ4n) is 1.33. The molecule has 0 aliphatic heterocycles. The van der Waals surface area contributed by atoms with Crippen LogP contribution >= 0.6 is 12.6 Å². The van der Waals surface area contributed by atoms with Gasteiger partial charge in [0.05, 0.1) is 11.4 Å². The lowest BCUT2D eigenvalue weighted by molar-refractivity contribution is -0.153. The summed E-state index contributed by atoms with van der Waals surface area (Å²) < 4.78 is 33.4. The highest BCUT2D eigenvalue weighted by Crippen LogP contribution is 2.14. The molecule has 8 heteroatoms. The van der Waals surface area contributed by atoms with E-state index >= 15 is 0 Å². The summed E-state index contributed by atoms with van der Waals surface area (Å²) in [6.07, 6.45) is 0. The van der Waals surface area contributed by atoms with Gasteiger partial charge in [0.1, 0.15) is 12.3 Å². The first-order valence-electron chi connectivity index (χ1n) is 6.21. The maximum Gasteiger partial charge on any atom is 0.320 e. The summed E-state index contributed by atoms with van der Waals surface area (Å²) in [5, 5.41) is 2.55. The largest absolute Gasteiger partial charge is 0.459 e. The zero-order valence-corrected chi connectivity index (χ0v) is 13.8. The number of nitrogens with one attached hydrogen (secondary N) is 1. The molecule has 1 rings (SSSR count). The van der Waals surface area contributed by atoms with Gasteiger partial charge in [-0.2, -0.15) is 8.42 Å². The third kappa shape index (κ3) is 7.79. The fourth-order valence-corrected chi connectivity index (χ4v) is 2.32. The molecule has 1 N–H and O–H groups in total. The second-order valence-corrected chi connectivity index (χ2v) is 7.36. The van der Waals surface area contributed by atoms with Crippen molar-refractivity contribution in [1.82, 2.24) is 5.32 Å². The highest BCUT2D eigenvalue weighted by atomic mass is 32.2. The van der Waals surface area contributed by atoms with E-state index in [4.69, 9.17) is 8.92 Å². The van der Waals surface area contributed by atoms with Crippen LogP contribution < -0.4 is 5.32 Å². The molecule has 0 bridgehead atoms. The van der Waals surface area contributed by atoms with E-state index in [-0.39, 0.29) is 25.6 Å². The summed E-state index contributed by atoms with van der Waals surface area (Å²) in [7, 11) is -3.86. The Bertz CT molecular complexity index is 576. The molecule has 0 saturated heterocycles. The molecule has 6 nitrogen and oxygen atoms in total. The average Bonchev–Trinajstić information content (AvgIpc) is 2.33. The van der Waals surface area contributed by atoms with E-state index in [1.165, 1.54) is 12.1 Å². The van der Waals surface area contributed by atoms with E-state index in [2.05, 4.69) is 17.9 Å². The third-order valence-corrected chi connectivity index (χ3v) is 3.71. The molecule has 126 valence electrons. The molecule has 0 radical (unpaired) electrons. The molecule has 0 heterocycles. The minimum absolute atomic E-state index is 0. The lowest BCUT2D eigenvalue weighted by atomic mass is 10.2. The van der Waals surface area contributed by atoms with Crippen molar-refractivity contribution >= 4 is 28.7 Å². The summed E-state index contributed by atoms with van der Waals surface area (Å²) in [6, 6.07) is 5.89. The number of hydrogen-bond acceptors (Lipinski definition) is 7. The van der Waals surface area contributed by atoms with Crippen LogP contribution in [0.15, 0.2) is 34.1 Å². The maximum atomic E-state index is 11.8. The van der Waals surface area contributed by atoms with E-state index in [0.717, 1.165) is 0 Å². The Hall–Kier alpha value is -1.09. The van der Waals surface area contributed by atoms with Gasteiger partial charge in [0.25, 0.3) is 10.1 Å². The van der Waals surface area contributed by atoms with Crippen molar-refractivity contribution in [1.29, 1.82) is 0 Å². The second kappa shape index (κ2) is 8.52.